The zero-order valence-corrected chi connectivity index (χ0v) is 33.6. The highest BCUT2D eigenvalue weighted by Gasteiger charge is 2.61. The van der Waals surface area contributed by atoms with Crippen LogP contribution < -0.4 is 0 Å². The number of hydrogen-bond donors (Lipinski definition) is 0. The number of carbonyl (C=O) groups excluding carboxylic acids is 1. The van der Waals surface area contributed by atoms with Crippen molar-refractivity contribution in [1.82, 2.24) is 0 Å². The minimum absolute atomic E-state index is 0.0700. The van der Waals surface area contributed by atoms with Crippen LogP contribution in [0.3, 0.4) is 0 Å². The highest BCUT2D eigenvalue weighted by atomic mass is 28.4. The summed E-state index contributed by atoms with van der Waals surface area (Å²) in [6, 6.07) is 0. The molecule has 0 unspecified atom stereocenters. The van der Waals surface area contributed by atoms with Crippen molar-refractivity contribution in [1.29, 1.82) is 0 Å². The summed E-state index contributed by atoms with van der Waals surface area (Å²) in [5.41, 5.74) is 1.94. The third-order valence-electron chi connectivity index (χ3n) is 14.7. The molecular formula is C39H72O3Si2. The molecule has 0 aromatic heterocycles. The topological polar surface area (TPSA) is 35.5 Å². The van der Waals surface area contributed by atoms with Crippen LogP contribution in [0.25, 0.3) is 0 Å². The van der Waals surface area contributed by atoms with E-state index in [0.29, 0.717) is 41.0 Å². The summed E-state index contributed by atoms with van der Waals surface area (Å²) in [6.07, 6.45) is 15.0. The average molecular weight is 645 g/mol. The first-order chi connectivity index (χ1) is 20.0. The van der Waals surface area contributed by atoms with Gasteiger partial charge in [0.15, 0.2) is 22.4 Å². The van der Waals surface area contributed by atoms with Crippen molar-refractivity contribution in [3.63, 3.8) is 0 Å². The lowest BCUT2D eigenvalue weighted by Crippen LogP contribution is -2.56. The summed E-state index contributed by atoms with van der Waals surface area (Å²) < 4.78 is 13.5. The smallest absolute Gasteiger partial charge is 0.192 e. The number of allylic oxidation sites excluding steroid dienone is 2. The molecule has 3 saturated carbocycles. The summed E-state index contributed by atoms with van der Waals surface area (Å²) in [5.74, 6) is 3.78. The Morgan fingerprint density at radius 3 is 2.14 bits per heavy atom. The van der Waals surface area contributed by atoms with E-state index in [1.54, 1.807) is 0 Å². The van der Waals surface area contributed by atoms with Crippen LogP contribution in [0.2, 0.25) is 36.3 Å². The maximum atomic E-state index is 13.9. The number of ketones is 1. The Bertz CT molecular complexity index is 1060. The van der Waals surface area contributed by atoms with Crippen LogP contribution >= 0.6 is 0 Å². The Morgan fingerprint density at radius 2 is 1.52 bits per heavy atom. The van der Waals surface area contributed by atoms with E-state index in [1.165, 1.54) is 69.8 Å². The minimum atomic E-state index is -1.75. The van der Waals surface area contributed by atoms with Gasteiger partial charge < -0.3 is 8.85 Å². The van der Waals surface area contributed by atoms with Gasteiger partial charge in [-0.1, -0.05) is 81.2 Å². The number of hydrogen-bond acceptors (Lipinski definition) is 3. The van der Waals surface area contributed by atoms with Gasteiger partial charge in [0.05, 0.1) is 0 Å². The molecule has 5 heteroatoms. The van der Waals surface area contributed by atoms with E-state index in [-0.39, 0.29) is 21.4 Å². The first-order valence-electron chi connectivity index (χ1n) is 18.6. The molecule has 0 bridgehead atoms. The predicted molar refractivity (Wildman–Crippen MR) is 193 cm³/mol. The van der Waals surface area contributed by atoms with Crippen LogP contribution in [0.5, 0.6) is 0 Å². The molecule has 254 valence electrons. The second-order valence-electron chi connectivity index (χ2n) is 19.8. The van der Waals surface area contributed by atoms with Crippen molar-refractivity contribution in [2.45, 2.75) is 176 Å². The molecule has 0 spiro atoms. The van der Waals surface area contributed by atoms with Gasteiger partial charge in [0, 0.05) is 18.6 Å². The monoisotopic (exact) mass is 645 g/mol. The summed E-state index contributed by atoms with van der Waals surface area (Å²) in [4.78, 5) is 13.9. The van der Waals surface area contributed by atoms with Crippen LogP contribution in [-0.4, -0.2) is 35.1 Å². The first kappa shape index (κ1) is 36.6. The van der Waals surface area contributed by atoms with Crippen LogP contribution in [0, 0.1) is 46.3 Å². The van der Waals surface area contributed by atoms with E-state index in [2.05, 4.69) is 102 Å². The van der Waals surface area contributed by atoms with Crippen molar-refractivity contribution < 1.29 is 13.6 Å². The van der Waals surface area contributed by atoms with Gasteiger partial charge in [-0.15, -0.1) is 0 Å². The fourth-order valence-electron chi connectivity index (χ4n) is 9.67. The Labute approximate surface area is 275 Å². The van der Waals surface area contributed by atoms with Gasteiger partial charge >= 0.3 is 0 Å². The van der Waals surface area contributed by atoms with Gasteiger partial charge in [-0.3, -0.25) is 4.79 Å². The number of fused-ring (bicyclic) bond motifs is 5. The van der Waals surface area contributed by atoms with Gasteiger partial charge in [-0.05, 0) is 141 Å². The molecule has 9 atom stereocenters. The van der Waals surface area contributed by atoms with E-state index in [1.807, 2.05) is 0 Å². The second kappa shape index (κ2) is 12.7. The molecule has 4 rings (SSSR count). The molecule has 0 radical (unpaired) electrons. The summed E-state index contributed by atoms with van der Waals surface area (Å²) >= 11 is 0. The average Bonchev–Trinajstić information content (AvgIpc) is 3.16. The Hall–Kier alpha value is -0.236. The van der Waals surface area contributed by atoms with Gasteiger partial charge in [-0.25, -0.2) is 0 Å². The van der Waals surface area contributed by atoms with Crippen LogP contribution in [0.15, 0.2) is 11.6 Å². The minimum Gasteiger partial charge on any atom is -0.417 e. The summed E-state index contributed by atoms with van der Waals surface area (Å²) in [5, 5.41) is 0.532. The molecular weight excluding hydrogens is 573 g/mol. The highest BCUT2D eigenvalue weighted by molar-refractivity contribution is 6.74. The van der Waals surface area contributed by atoms with Gasteiger partial charge in [0.2, 0.25) is 0 Å². The van der Waals surface area contributed by atoms with Gasteiger partial charge in [0.25, 0.3) is 0 Å². The van der Waals surface area contributed by atoms with Crippen molar-refractivity contribution in [2.75, 3.05) is 6.61 Å². The van der Waals surface area contributed by atoms with E-state index < -0.39 is 16.6 Å². The highest BCUT2D eigenvalue weighted by Crippen LogP contribution is 2.66. The summed E-state index contributed by atoms with van der Waals surface area (Å²) in [6.45, 7) is 34.4. The van der Waals surface area contributed by atoms with E-state index in [9.17, 15) is 4.79 Å². The van der Waals surface area contributed by atoms with Gasteiger partial charge in [-0.2, -0.15) is 0 Å². The molecule has 44 heavy (non-hydrogen) atoms. The standard InChI is InChI=1S/C39H72O3Si2/c1-27(26-41-43(11,12)36(3,4)5)16-15-17-28(2)33-25-34(40)35-31-19-18-29-24-30(42-44(13,14)37(6,7)8)20-22-38(29,9)32(31)21-23-39(33,35)10/h25,27-32,35H,15-24,26H2,1-14H3/t27-,28-,29+,30+,31-,32+,35-,38+,39-/m1/s1. The zero-order chi connectivity index (χ0) is 33.1. The normalized spacial score (nSPS) is 36.3. The van der Waals surface area contributed by atoms with E-state index in [0.717, 1.165) is 12.5 Å². The molecule has 4 aliphatic carbocycles. The molecule has 0 aromatic rings. The maximum absolute atomic E-state index is 13.9. The fraction of sp³-hybridized carbons (Fsp3) is 0.923. The van der Waals surface area contributed by atoms with E-state index >= 15 is 0 Å². The third kappa shape index (κ3) is 6.97. The SMILES string of the molecule is C[C@H](CCC[C@@H](C)C1=CC(=O)[C@H]2[C@@H]3CC[C@H]4C[C@@H](O[Si](C)(C)C(C)(C)C)CC[C@]4(C)[C@H]3CC[C@]12C)CO[Si](C)(C)C(C)(C)C. The van der Waals surface area contributed by atoms with Crippen molar-refractivity contribution in [2.24, 2.45) is 46.3 Å². The molecule has 3 nitrogen and oxygen atoms in total. The molecule has 0 aliphatic heterocycles. The lowest BCUT2D eigenvalue weighted by Gasteiger charge is -2.61. The molecule has 0 N–H and O–H groups in total. The van der Waals surface area contributed by atoms with Crippen LogP contribution in [-0.2, 0) is 13.6 Å². The molecule has 0 heterocycles. The second-order valence-corrected chi connectivity index (χ2v) is 29.3. The third-order valence-corrected chi connectivity index (χ3v) is 23.8. The largest absolute Gasteiger partial charge is 0.417 e. The quantitative estimate of drug-likeness (QED) is 0.222. The molecule has 0 amide bonds. The Balaban J connectivity index is 1.35. The molecule has 3 fully saturated rings. The van der Waals surface area contributed by atoms with Crippen molar-refractivity contribution in [3.8, 4) is 0 Å². The predicted octanol–water partition coefficient (Wildman–Crippen LogP) is 11.6. The number of carbonyl (C=O) groups is 1. The van der Waals surface area contributed by atoms with E-state index in [4.69, 9.17) is 8.85 Å². The molecule has 0 saturated heterocycles. The Kier molecular flexibility index (Phi) is 10.5. The maximum Gasteiger partial charge on any atom is 0.192 e. The van der Waals surface area contributed by atoms with Crippen LogP contribution in [0.4, 0.5) is 0 Å². The van der Waals surface area contributed by atoms with Gasteiger partial charge in [0.1, 0.15) is 0 Å². The molecule has 0 aromatic carbocycles. The zero-order valence-electron chi connectivity index (χ0n) is 31.6. The number of rotatable bonds is 10. The lowest BCUT2D eigenvalue weighted by molar-refractivity contribution is -0.141. The Morgan fingerprint density at radius 1 is 0.886 bits per heavy atom. The fourth-order valence-corrected chi connectivity index (χ4v) is 12.2. The van der Waals surface area contributed by atoms with Crippen LogP contribution in [0.1, 0.15) is 133 Å². The van der Waals surface area contributed by atoms with Crippen molar-refractivity contribution >= 4 is 22.4 Å². The summed E-state index contributed by atoms with van der Waals surface area (Å²) in [7, 11) is -3.44. The lowest BCUT2D eigenvalue weighted by atomic mass is 9.44. The molecule has 4 aliphatic rings. The van der Waals surface area contributed by atoms with Crippen molar-refractivity contribution in [3.05, 3.63) is 11.6 Å². The first-order valence-corrected chi connectivity index (χ1v) is 24.4.